The third-order valence-corrected chi connectivity index (χ3v) is 4.31. The van der Waals surface area contributed by atoms with Crippen LogP contribution in [-0.4, -0.2) is 23.3 Å². The number of carbonyl (C=O) groups is 2. The van der Waals surface area contributed by atoms with E-state index in [0.717, 1.165) is 23.5 Å². The van der Waals surface area contributed by atoms with Gasteiger partial charge in [-0.15, -0.1) is 11.3 Å². The monoisotopic (exact) mass is 399 g/mol. The van der Waals surface area contributed by atoms with E-state index in [0.29, 0.717) is 11.3 Å². The zero-order valence-corrected chi connectivity index (χ0v) is 15.9. The van der Waals surface area contributed by atoms with Crippen LogP contribution in [0, 0.1) is 5.41 Å². The minimum atomic E-state index is -4.43. The molecule has 146 valence electrons. The van der Waals surface area contributed by atoms with Gasteiger partial charge in [-0.05, 0) is 12.1 Å². The molecule has 0 saturated heterocycles. The minimum Gasteiger partial charge on any atom is -0.355 e. The second kappa shape index (κ2) is 8.08. The summed E-state index contributed by atoms with van der Waals surface area (Å²) >= 11 is 1.12. The molecule has 0 aliphatic rings. The van der Waals surface area contributed by atoms with Crippen molar-refractivity contribution in [3.63, 3.8) is 0 Å². The number of anilines is 1. The number of alkyl halides is 3. The zero-order chi connectivity index (χ0) is 20.2. The third-order valence-electron chi connectivity index (χ3n) is 3.56. The van der Waals surface area contributed by atoms with Crippen LogP contribution in [0.25, 0.3) is 11.3 Å². The first kappa shape index (κ1) is 20.9. The summed E-state index contributed by atoms with van der Waals surface area (Å²) in [6, 6.07) is 4.85. The Bertz CT molecular complexity index is 826. The fourth-order valence-corrected chi connectivity index (χ4v) is 2.79. The lowest BCUT2D eigenvalue weighted by Gasteiger charge is -2.17. The van der Waals surface area contributed by atoms with E-state index in [1.54, 1.807) is 26.2 Å². The van der Waals surface area contributed by atoms with Crippen LogP contribution in [-0.2, 0) is 15.8 Å². The van der Waals surface area contributed by atoms with Crippen molar-refractivity contribution in [3.8, 4) is 11.3 Å². The number of hydrogen-bond donors (Lipinski definition) is 2. The summed E-state index contributed by atoms with van der Waals surface area (Å²) in [5, 5.41) is 7.11. The number of carbonyl (C=O) groups excluding carboxylic acids is 2. The first-order valence-electron chi connectivity index (χ1n) is 8.18. The molecule has 2 aromatic rings. The van der Waals surface area contributed by atoms with Gasteiger partial charge in [0.1, 0.15) is 0 Å². The molecule has 1 heterocycles. The molecule has 0 radical (unpaired) electrons. The van der Waals surface area contributed by atoms with Gasteiger partial charge in [-0.1, -0.05) is 32.9 Å². The maximum absolute atomic E-state index is 12.8. The van der Waals surface area contributed by atoms with Gasteiger partial charge in [0.15, 0.2) is 5.13 Å². The highest BCUT2D eigenvalue weighted by Gasteiger charge is 2.30. The molecule has 0 atom stereocenters. The number of benzene rings is 1. The van der Waals surface area contributed by atoms with Crippen molar-refractivity contribution >= 4 is 28.3 Å². The number of halogens is 3. The molecular weight excluding hydrogens is 379 g/mol. The highest BCUT2D eigenvalue weighted by molar-refractivity contribution is 7.14. The molecule has 0 aliphatic carbocycles. The summed E-state index contributed by atoms with van der Waals surface area (Å²) in [5.74, 6) is -0.495. The lowest BCUT2D eigenvalue weighted by molar-refractivity contribution is -0.137. The first-order chi connectivity index (χ1) is 12.5. The van der Waals surface area contributed by atoms with Crippen LogP contribution in [0.15, 0.2) is 29.6 Å². The SMILES string of the molecule is CC(C)(C)C(=O)NCCC(=O)Nc1nc(-c2cccc(C(F)(F)F)c2)cs1. The molecule has 0 saturated carbocycles. The van der Waals surface area contributed by atoms with Crippen LogP contribution in [0.3, 0.4) is 0 Å². The largest absolute Gasteiger partial charge is 0.416 e. The summed E-state index contributed by atoms with van der Waals surface area (Å²) in [4.78, 5) is 27.8. The van der Waals surface area contributed by atoms with Crippen LogP contribution in [0.5, 0.6) is 0 Å². The van der Waals surface area contributed by atoms with E-state index in [1.165, 1.54) is 12.1 Å². The minimum absolute atomic E-state index is 0.0697. The molecule has 1 aromatic carbocycles. The summed E-state index contributed by atoms with van der Waals surface area (Å²) in [6.07, 6.45) is -4.36. The molecule has 0 spiro atoms. The fraction of sp³-hybridized carbons (Fsp3) is 0.389. The number of nitrogens with one attached hydrogen (secondary N) is 2. The molecule has 1 aromatic heterocycles. The van der Waals surface area contributed by atoms with Crippen molar-refractivity contribution < 1.29 is 22.8 Å². The molecule has 27 heavy (non-hydrogen) atoms. The maximum atomic E-state index is 12.8. The predicted octanol–water partition coefficient (Wildman–Crippen LogP) is 4.32. The summed E-state index contributed by atoms with van der Waals surface area (Å²) in [5.41, 5.74) is -0.624. The lowest BCUT2D eigenvalue weighted by atomic mass is 9.96. The fourth-order valence-electron chi connectivity index (χ4n) is 2.06. The van der Waals surface area contributed by atoms with Gasteiger partial charge in [-0.3, -0.25) is 9.59 Å². The molecule has 0 unspecified atom stereocenters. The van der Waals surface area contributed by atoms with Gasteiger partial charge in [0, 0.05) is 29.3 Å². The smallest absolute Gasteiger partial charge is 0.355 e. The van der Waals surface area contributed by atoms with Gasteiger partial charge in [0.05, 0.1) is 11.3 Å². The summed E-state index contributed by atoms with van der Waals surface area (Å²) < 4.78 is 38.4. The molecule has 0 bridgehead atoms. The van der Waals surface area contributed by atoms with Crippen LogP contribution >= 0.6 is 11.3 Å². The number of nitrogens with zero attached hydrogens (tertiary/aromatic N) is 1. The standard InChI is InChI=1S/C18H20F3N3O2S/c1-17(2,3)15(26)22-8-7-14(25)24-16-23-13(10-27-16)11-5-4-6-12(9-11)18(19,20)21/h4-6,9-10H,7-8H2,1-3H3,(H,22,26)(H,23,24,25). The Labute approximate surface area is 159 Å². The third kappa shape index (κ3) is 6.06. The van der Waals surface area contributed by atoms with Crippen LogP contribution in [0.4, 0.5) is 18.3 Å². The Balaban J connectivity index is 1.94. The molecule has 0 aliphatic heterocycles. The molecule has 5 nitrogen and oxygen atoms in total. The molecule has 2 rings (SSSR count). The van der Waals surface area contributed by atoms with Crippen molar-refractivity contribution in [2.24, 2.45) is 5.41 Å². The Hall–Kier alpha value is -2.42. The van der Waals surface area contributed by atoms with Gasteiger partial charge in [0.2, 0.25) is 11.8 Å². The number of aromatic nitrogens is 1. The molecule has 9 heteroatoms. The Kier molecular flexibility index (Phi) is 6.25. The zero-order valence-electron chi connectivity index (χ0n) is 15.1. The first-order valence-corrected chi connectivity index (χ1v) is 9.06. The van der Waals surface area contributed by atoms with Gasteiger partial charge in [0.25, 0.3) is 0 Å². The van der Waals surface area contributed by atoms with Crippen molar-refractivity contribution in [2.45, 2.75) is 33.4 Å². The second-order valence-electron chi connectivity index (χ2n) is 6.92. The van der Waals surface area contributed by atoms with Gasteiger partial charge in [-0.2, -0.15) is 13.2 Å². The molecular formula is C18H20F3N3O2S. The van der Waals surface area contributed by atoms with Gasteiger partial charge < -0.3 is 10.6 Å². The van der Waals surface area contributed by atoms with Gasteiger partial charge in [-0.25, -0.2) is 4.98 Å². The van der Waals surface area contributed by atoms with E-state index < -0.39 is 17.2 Å². The van der Waals surface area contributed by atoms with Crippen molar-refractivity contribution in [1.29, 1.82) is 0 Å². The molecule has 0 fully saturated rings. The van der Waals surface area contributed by atoms with Crippen LogP contribution in [0.1, 0.15) is 32.8 Å². The molecule has 2 amide bonds. The molecule has 2 N–H and O–H groups in total. The topological polar surface area (TPSA) is 71.1 Å². The van der Waals surface area contributed by atoms with Crippen molar-refractivity contribution in [1.82, 2.24) is 10.3 Å². The quantitative estimate of drug-likeness (QED) is 0.787. The van der Waals surface area contributed by atoms with Crippen molar-refractivity contribution in [2.75, 3.05) is 11.9 Å². The Morgan fingerprint density at radius 1 is 1.19 bits per heavy atom. The van der Waals surface area contributed by atoms with E-state index >= 15 is 0 Å². The highest BCUT2D eigenvalue weighted by Crippen LogP contribution is 2.33. The van der Waals surface area contributed by atoms with Crippen LogP contribution < -0.4 is 10.6 Å². The number of amides is 2. The van der Waals surface area contributed by atoms with E-state index in [-0.39, 0.29) is 29.9 Å². The summed E-state index contributed by atoms with van der Waals surface area (Å²) in [6.45, 7) is 5.50. The second-order valence-corrected chi connectivity index (χ2v) is 7.78. The maximum Gasteiger partial charge on any atom is 0.416 e. The Morgan fingerprint density at radius 3 is 2.52 bits per heavy atom. The van der Waals surface area contributed by atoms with Crippen molar-refractivity contribution in [3.05, 3.63) is 35.2 Å². The number of hydrogen-bond acceptors (Lipinski definition) is 4. The Morgan fingerprint density at radius 2 is 1.89 bits per heavy atom. The number of rotatable bonds is 5. The average molecular weight is 399 g/mol. The van der Waals surface area contributed by atoms with E-state index in [2.05, 4.69) is 15.6 Å². The van der Waals surface area contributed by atoms with Gasteiger partial charge >= 0.3 is 6.18 Å². The highest BCUT2D eigenvalue weighted by atomic mass is 32.1. The lowest BCUT2D eigenvalue weighted by Crippen LogP contribution is -2.36. The normalized spacial score (nSPS) is 11.9. The number of thiazole rings is 1. The summed E-state index contributed by atoms with van der Waals surface area (Å²) in [7, 11) is 0. The predicted molar refractivity (Wildman–Crippen MR) is 98.3 cm³/mol. The van der Waals surface area contributed by atoms with E-state index in [4.69, 9.17) is 0 Å². The van der Waals surface area contributed by atoms with E-state index in [1.807, 2.05) is 0 Å². The van der Waals surface area contributed by atoms with Crippen LogP contribution in [0.2, 0.25) is 0 Å². The van der Waals surface area contributed by atoms with E-state index in [9.17, 15) is 22.8 Å². The average Bonchev–Trinajstić information content (AvgIpc) is 3.01.